The first-order valence-electron chi connectivity index (χ1n) is 9.88. The summed E-state index contributed by atoms with van der Waals surface area (Å²) in [6, 6.07) is 5.55. The number of benzene rings is 1. The average molecular weight is 381 g/mol. The number of anilines is 1. The molecule has 0 saturated heterocycles. The minimum Gasteiger partial charge on any atom is -0.384 e. The van der Waals surface area contributed by atoms with Gasteiger partial charge in [0.1, 0.15) is 0 Å². The quantitative estimate of drug-likeness (QED) is 0.487. The maximum Gasteiger partial charge on any atom is 0.416 e. The van der Waals surface area contributed by atoms with Crippen LogP contribution in [0.25, 0.3) is 10.9 Å². The molecule has 0 fully saturated rings. The van der Waals surface area contributed by atoms with Crippen molar-refractivity contribution >= 4 is 16.6 Å². The van der Waals surface area contributed by atoms with Crippen LogP contribution in [-0.4, -0.2) is 36.1 Å². The third-order valence-electron chi connectivity index (χ3n) is 4.65. The highest BCUT2D eigenvalue weighted by Crippen LogP contribution is 2.32. The molecular weight excluding hydrogens is 351 g/mol. The number of unbranched alkanes of at least 4 members (excludes halogenated alkanes) is 2. The van der Waals surface area contributed by atoms with Gasteiger partial charge in [-0.25, -0.2) is 0 Å². The Kier molecular flexibility index (Phi) is 8.35. The normalized spacial score (nSPS) is 12.1. The molecule has 1 heterocycles. The lowest BCUT2D eigenvalue weighted by Crippen LogP contribution is -2.28. The Bertz CT molecular complexity index is 701. The van der Waals surface area contributed by atoms with Crippen molar-refractivity contribution < 1.29 is 13.2 Å². The van der Waals surface area contributed by atoms with E-state index < -0.39 is 11.7 Å². The van der Waals surface area contributed by atoms with Crippen molar-refractivity contribution in [2.45, 2.75) is 52.1 Å². The van der Waals surface area contributed by atoms with Gasteiger partial charge in [0.2, 0.25) is 0 Å². The van der Waals surface area contributed by atoms with Gasteiger partial charge in [0, 0.05) is 23.8 Å². The minimum absolute atomic E-state index is 0.363. The van der Waals surface area contributed by atoms with Gasteiger partial charge in [-0.2, -0.15) is 13.2 Å². The number of hydrogen-bond acceptors (Lipinski definition) is 3. The molecular formula is C21H30F3N3. The number of rotatable bonds is 11. The Morgan fingerprint density at radius 1 is 0.963 bits per heavy atom. The summed E-state index contributed by atoms with van der Waals surface area (Å²) in [6.07, 6.45) is 3.08. The van der Waals surface area contributed by atoms with Gasteiger partial charge in [-0.15, -0.1) is 0 Å². The first-order chi connectivity index (χ1) is 13.0. The molecule has 1 aromatic carbocycles. The van der Waals surface area contributed by atoms with E-state index in [2.05, 4.69) is 29.0 Å². The number of pyridine rings is 1. The second-order valence-corrected chi connectivity index (χ2v) is 6.92. The molecule has 0 aliphatic heterocycles. The summed E-state index contributed by atoms with van der Waals surface area (Å²) in [5.74, 6) is 0. The Morgan fingerprint density at radius 2 is 1.74 bits per heavy atom. The molecule has 0 spiro atoms. The van der Waals surface area contributed by atoms with Crippen molar-refractivity contribution in [3.63, 3.8) is 0 Å². The van der Waals surface area contributed by atoms with Crippen molar-refractivity contribution in [1.82, 2.24) is 9.88 Å². The van der Waals surface area contributed by atoms with Crippen molar-refractivity contribution in [2.24, 2.45) is 0 Å². The van der Waals surface area contributed by atoms with Crippen LogP contribution < -0.4 is 5.32 Å². The predicted molar refractivity (Wildman–Crippen MR) is 106 cm³/mol. The molecule has 0 aliphatic carbocycles. The van der Waals surface area contributed by atoms with Crippen LogP contribution in [0.2, 0.25) is 0 Å². The van der Waals surface area contributed by atoms with Gasteiger partial charge < -0.3 is 10.2 Å². The van der Waals surface area contributed by atoms with E-state index in [1.165, 1.54) is 25.3 Å². The molecule has 2 rings (SSSR count). The van der Waals surface area contributed by atoms with Gasteiger partial charge >= 0.3 is 6.18 Å². The number of nitrogens with zero attached hydrogens (tertiary/aromatic N) is 2. The lowest BCUT2D eigenvalue weighted by molar-refractivity contribution is -0.137. The van der Waals surface area contributed by atoms with E-state index in [-0.39, 0.29) is 0 Å². The number of hydrogen-bond donors (Lipinski definition) is 1. The van der Waals surface area contributed by atoms with E-state index in [4.69, 9.17) is 0 Å². The average Bonchev–Trinajstić information content (AvgIpc) is 2.64. The van der Waals surface area contributed by atoms with E-state index >= 15 is 0 Å². The molecule has 6 heteroatoms. The van der Waals surface area contributed by atoms with Crippen LogP contribution in [0.1, 0.15) is 51.5 Å². The molecule has 150 valence electrons. The topological polar surface area (TPSA) is 28.2 Å². The molecule has 2 aromatic rings. The summed E-state index contributed by atoms with van der Waals surface area (Å²) in [5, 5.41) is 4.08. The van der Waals surface area contributed by atoms with Crippen LogP contribution in [-0.2, 0) is 6.18 Å². The van der Waals surface area contributed by atoms with Gasteiger partial charge in [-0.05, 0) is 57.1 Å². The molecule has 0 bridgehead atoms. The SMILES string of the molecule is CCCCCN(CCC)CCCNc1ccnc2cc(C(F)(F)F)ccc12. The maximum absolute atomic E-state index is 12.9. The zero-order valence-corrected chi connectivity index (χ0v) is 16.3. The summed E-state index contributed by atoms with van der Waals surface area (Å²) in [5.41, 5.74) is 0.533. The van der Waals surface area contributed by atoms with Crippen molar-refractivity contribution in [1.29, 1.82) is 0 Å². The number of halogens is 3. The summed E-state index contributed by atoms with van der Waals surface area (Å²) in [6.45, 7) is 8.48. The monoisotopic (exact) mass is 381 g/mol. The summed E-state index contributed by atoms with van der Waals surface area (Å²) < 4.78 is 38.6. The van der Waals surface area contributed by atoms with Crippen LogP contribution in [0.3, 0.4) is 0 Å². The molecule has 1 N–H and O–H groups in total. The van der Waals surface area contributed by atoms with E-state index in [1.54, 1.807) is 6.20 Å². The third-order valence-corrected chi connectivity index (χ3v) is 4.65. The molecule has 0 aliphatic rings. The van der Waals surface area contributed by atoms with Crippen molar-refractivity contribution in [2.75, 3.05) is 31.5 Å². The predicted octanol–water partition coefficient (Wildman–Crippen LogP) is 5.96. The van der Waals surface area contributed by atoms with E-state index in [0.29, 0.717) is 5.52 Å². The summed E-state index contributed by atoms with van der Waals surface area (Å²) in [7, 11) is 0. The third kappa shape index (κ3) is 6.69. The number of alkyl halides is 3. The molecule has 0 saturated carbocycles. The van der Waals surface area contributed by atoms with Crippen LogP contribution >= 0.6 is 0 Å². The minimum atomic E-state index is -4.35. The molecule has 0 unspecified atom stereocenters. The van der Waals surface area contributed by atoms with Gasteiger partial charge in [0.25, 0.3) is 0 Å². The molecule has 0 atom stereocenters. The number of aromatic nitrogens is 1. The van der Waals surface area contributed by atoms with Gasteiger partial charge in [-0.1, -0.05) is 32.8 Å². The van der Waals surface area contributed by atoms with Gasteiger partial charge in [-0.3, -0.25) is 4.98 Å². The molecule has 1 aromatic heterocycles. The zero-order chi connectivity index (χ0) is 19.7. The van der Waals surface area contributed by atoms with Gasteiger partial charge in [0.05, 0.1) is 11.1 Å². The first kappa shape index (κ1) is 21.5. The molecule has 0 amide bonds. The van der Waals surface area contributed by atoms with E-state index in [9.17, 15) is 13.2 Å². The fourth-order valence-corrected chi connectivity index (χ4v) is 3.24. The fraction of sp³-hybridized carbons (Fsp3) is 0.571. The Balaban J connectivity index is 1.92. The largest absolute Gasteiger partial charge is 0.416 e. The van der Waals surface area contributed by atoms with Gasteiger partial charge in [0.15, 0.2) is 0 Å². The molecule has 27 heavy (non-hydrogen) atoms. The lowest BCUT2D eigenvalue weighted by atomic mass is 10.1. The highest BCUT2D eigenvalue weighted by Gasteiger charge is 2.30. The lowest BCUT2D eigenvalue weighted by Gasteiger charge is -2.21. The van der Waals surface area contributed by atoms with Crippen LogP contribution in [0, 0.1) is 0 Å². The smallest absolute Gasteiger partial charge is 0.384 e. The Morgan fingerprint density at radius 3 is 2.44 bits per heavy atom. The maximum atomic E-state index is 12.9. The second kappa shape index (κ2) is 10.5. The van der Waals surface area contributed by atoms with Crippen LogP contribution in [0.4, 0.5) is 18.9 Å². The second-order valence-electron chi connectivity index (χ2n) is 6.92. The fourth-order valence-electron chi connectivity index (χ4n) is 3.24. The molecule has 0 radical (unpaired) electrons. The highest BCUT2D eigenvalue weighted by molar-refractivity contribution is 5.91. The van der Waals surface area contributed by atoms with E-state index in [1.807, 2.05) is 6.07 Å². The highest BCUT2D eigenvalue weighted by atomic mass is 19.4. The Hall–Kier alpha value is -1.82. The zero-order valence-electron chi connectivity index (χ0n) is 16.3. The standard InChI is InChI=1S/C21H30F3N3/c1-3-5-6-14-27(13-4-2)15-7-11-25-19-10-12-26-20-16-17(21(22,23)24)8-9-18(19)20/h8-10,12,16H,3-7,11,13-15H2,1-2H3,(H,25,26). The number of nitrogens with one attached hydrogen (secondary N) is 1. The van der Waals surface area contributed by atoms with Crippen molar-refractivity contribution in [3.8, 4) is 0 Å². The number of fused-ring (bicyclic) bond motifs is 1. The van der Waals surface area contributed by atoms with Crippen LogP contribution in [0.5, 0.6) is 0 Å². The summed E-state index contributed by atoms with van der Waals surface area (Å²) >= 11 is 0. The summed E-state index contributed by atoms with van der Waals surface area (Å²) in [4.78, 5) is 6.59. The van der Waals surface area contributed by atoms with Crippen molar-refractivity contribution in [3.05, 3.63) is 36.0 Å². The first-order valence-corrected chi connectivity index (χ1v) is 9.88. The van der Waals surface area contributed by atoms with Crippen LogP contribution in [0.15, 0.2) is 30.5 Å². The Labute approximate surface area is 160 Å². The molecule has 3 nitrogen and oxygen atoms in total. The van der Waals surface area contributed by atoms with E-state index in [0.717, 1.165) is 62.2 Å².